The number of thiazole rings is 1. The number of rotatable bonds is 11. The Hall–Kier alpha value is -5.22. The molecule has 0 spiro atoms. The Kier molecular flexibility index (Phi) is 9.96. The molecule has 0 saturated heterocycles. The fourth-order valence-corrected chi connectivity index (χ4v) is 6.69. The molecule has 1 atom stereocenters. The summed E-state index contributed by atoms with van der Waals surface area (Å²) in [7, 11) is 1.60. The molecule has 252 valence electrons. The largest absolute Gasteiger partial charge is 0.497 e. The van der Waals surface area contributed by atoms with Gasteiger partial charge in [0.15, 0.2) is 4.80 Å². The van der Waals surface area contributed by atoms with Crippen molar-refractivity contribution < 1.29 is 19.0 Å². The molecule has 3 heterocycles. The van der Waals surface area contributed by atoms with Gasteiger partial charge in [-0.25, -0.2) is 14.5 Å². The number of esters is 1. The Balaban J connectivity index is 1.47. The summed E-state index contributed by atoms with van der Waals surface area (Å²) in [4.78, 5) is 33.1. The molecule has 9 nitrogen and oxygen atoms in total. The van der Waals surface area contributed by atoms with Crippen LogP contribution < -0.4 is 24.4 Å². The van der Waals surface area contributed by atoms with Crippen molar-refractivity contribution >= 4 is 23.4 Å². The van der Waals surface area contributed by atoms with Crippen molar-refractivity contribution in [3.05, 3.63) is 127 Å². The van der Waals surface area contributed by atoms with Gasteiger partial charge in [-0.05, 0) is 93.3 Å². The number of ether oxygens (including phenoxy) is 3. The van der Waals surface area contributed by atoms with Gasteiger partial charge in [0.25, 0.3) is 5.56 Å². The molecule has 0 aliphatic carbocycles. The van der Waals surface area contributed by atoms with Gasteiger partial charge in [0, 0.05) is 17.3 Å². The first-order valence-corrected chi connectivity index (χ1v) is 17.2. The highest BCUT2D eigenvalue weighted by atomic mass is 32.1. The molecule has 5 aromatic rings. The van der Waals surface area contributed by atoms with Gasteiger partial charge in [0.2, 0.25) is 0 Å². The smallest absolute Gasteiger partial charge is 0.338 e. The molecular weight excluding hydrogens is 637 g/mol. The van der Waals surface area contributed by atoms with E-state index in [1.165, 1.54) is 11.3 Å². The summed E-state index contributed by atoms with van der Waals surface area (Å²) >= 11 is 1.28. The second-order valence-corrected chi connectivity index (χ2v) is 13.6. The summed E-state index contributed by atoms with van der Waals surface area (Å²) in [6, 6.07) is 24.3. The molecule has 0 fully saturated rings. The van der Waals surface area contributed by atoms with Crippen LogP contribution in [0.4, 0.5) is 0 Å². The molecule has 0 saturated carbocycles. The van der Waals surface area contributed by atoms with Crippen molar-refractivity contribution in [2.45, 2.75) is 53.2 Å². The van der Waals surface area contributed by atoms with Gasteiger partial charge in [-0.2, -0.15) is 5.10 Å². The van der Waals surface area contributed by atoms with Gasteiger partial charge in [-0.15, -0.1) is 0 Å². The minimum absolute atomic E-state index is 0.265. The number of benzene rings is 3. The van der Waals surface area contributed by atoms with Crippen LogP contribution in [0.3, 0.4) is 0 Å². The van der Waals surface area contributed by atoms with Crippen molar-refractivity contribution in [2.75, 3.05) is 13.7 Å². The number of allylic oxidation sites excluding steroid dienone is 1. The zero-order valence-electron chi connectivity index (χ0n) is 28.5. The molecule has 0 bridgehead atoms. The molecule has 0 unspecified atom stereocenters. The Bertz CT molecular complexity index is 2160. The predicted octanol–water partition coefficient (Wildman–Crippen LogP) is 6.47. The first-order chi connectivity index (χ1) is 23.6. The van der Waals surface area contributed by atoms with E-state index in [0.717, 1.165) is 34.5 Å². The van der Waals surface area contributed by atoms with Crippen LogP contribution in [-0.2, 0) is 9.53 Å². The minimum atomic E-state index is -0.731. The first kappa shape index (κ1) is 33.7. The van der Waals surface area contributed by atoms with Crippen LogP contribution in [0.15, 0.2) is 106 Å². The van der Waals surface area contributed by atoms with E-state index in [0.29, 0.717) is 44.6 Å². The Morgan fingerprint density at radius 2 is 1.65 bits per heavy atom. The van der Waals surface area contributed by atoms with Crippen LogP contribution in [-0.4, -0.2) is 40.1 Å². The number of aromatic nitrogens is 3. The SMILES string of the molecule is COc1ccc([C@@H]2C(C(=O)OC(C)C)=C(C)N=c3s/c(=C\c4cn(-c5ccccc5)nc4-c4ccc(OCCC(C)C)cc4)c(=O)n32)cc1. The van der Waals surface area contributed by atoms with Crippen LogP contribution in [0, 0.1) is 5.92 Å². The lowest BCUT2D eigenvalue weighted by Crippen LogP contribution is -2.40. The van der Waals surface area contributed by atoms with Gasteiger partial charge < -0.3 is 14.2 Å². The number of methoxy groups -OCH3 is 1. The average Bonchev–Trinajstić information content (AvgIpc) is 3.64. The Morgan fingerprint density at radius 1 is 0.959 bits per heavy atom. The van der Waals surface area contributed by atoms with E-state index < -0.39 is 12.0 Å². The quantitative estimate of drug-likeness (QED) is 0.149. The average molecular weight is 677 g/mol. The van der Waals surface area contributed by atoms with Crippen molar-refractivity contribution in [2.24, 2.45) is 10.9 Å². The summed E-state index contributed by atoms with van der Waals surface area (Å²) in [6.45, 7) is 10.4. The fraction of sp³-hybridized carbons (Fsp3) is 0.282. The summed E-state index contributed by atoms with van der Waals surface area (Å²) in [6.07, 6.45) is 4.42. The maximum Gasteiger partial charge on any atom is 0.338 e. The molecule has 1 aliphatic rings. The number of hydrogen-bond acceptors (Lipinski definition) is 8. The molecular formula is C39H40N4O5S. The van der Waals surface area contributed by atoms with E-state index in [2.05, 4.69) is 13.8 Å². The van der Waals surface area contributed by atoms with Crippen LogP contribution in [0.25, 0.3) is 23.0 Å². The van der Waals surface area contributed by atoms with E-state index >= 15 is 0 Å². The van der Waals surface area contributed by atoms with Gasteiger partial charge in [-0.1, -0.05) is 55.5 Å². The van der Waals surface area contributed by atoms with Crippen molar-refractivity contribution in [3.63, 3.8) is 0 Å². The summed E-state index contributed by atoms with van der Waals surface area (Å²) in [5, 5.41) is 4.96. The lowest BCUT2D eigenvalue weighted by molar-refractivity contribution is -0.143. The van der Waals surface area contributed by atoms with Crippen LogP contribution in [0.2, 0.25) is 0 Å². The molecule has 2 aromatic heterocycles. The maximum atomic E-state index is 14.4. The Labute approximate surface area is 289 Å². The van der Waals surface area contributed by atoms with Gasteiger partial charge in [-0.3, -0.25) is 9.36 Å². The second kappa shape index (κ2) is 14.5. The van der Waals surface area contributed by atoms with E-state index in [1.807, 2.05) is 95.8 Å². The lowest BCUT2D eigenvalue weighted by Gasteiger charge is -2.25. The van der Waals surface area contributed by atoms with Crippen molar-refractivity contribution in [1.82, 2.24) is 14.3 Å². The van der Waals surface area contributed by atoms with Crippen LogP contribution >= 0.6 is 11.3 Å². The minimum Gasteiger partial charge on any atom is -0.497 e. The number of fused-ring (bicyclic) bond motifs is 1. The molecule has 49 heavy (non-hydrogen) atoms. The van der Waals surface area contributed by atoms with Gasteiger partial charge in [0.1, 0.15) is 17.2 Å². The lowest BCUT2D eigenvalue weighted by atomic mass is 9.96. The van der Waals surface area contributed by atoms with E-state index in [1.54, 1.807) is 32.4 Å². The monoisotopic (exact) mass is 676 g/mol. The highest BCUT2D eigenvalue weighted by Crippen LogP contribution is 2.32. The van der Waals surface area contributed by atoms with Crippen molar-refractivity contribution in [1.29, 1.82) is 0 Å². The zero-order valence-corrected chi connectivity index (χ0v) is 29.4. The number of hydrogen-bond donors (Lipinski definition) is 0. The highest BCUT2D eigenvalue weighted by Gasteiger charge is 2.34. The van der Waals surface area contributed by atoms with Crippen LogP contribution in [0.5, 0.6) is 11.5 Å². The third-order valence-corrected chi connectivity index (χ3v) is 9.14. The van der Waals surface area contributed by atoms with Crippen molar-refractivity contribution in [3.8, 4) is 28.4 Å². The summed E-state index contributed by atoms with van der Waals surface area (Å²) < 4.78 is 20.8. The third-order valence-electron chi connectivity index (χ3n) is 8.16. The molecule has 10 heteroatoms. The topological polar surface area (TPSA) is 96.9 Å². The first-order valence-electron chi connectivity index (χ1n) is 16.4. The molecule has 0 amide bonds. The number of carbonyl (C=O) groups excluding carboxylic acids is 1. The zero-order chi connectivity index (χ0) is 34.7. The van der Waals surface area contributed by atoms with Gasteiger partial charge in [0.05, 0.1) is 47.4 Å². The van der Waals surface area contributed by atoms with Gasteiger partial charge >= 0.3 is 5.97 Å². The molecule has 3 aromatic carbocycles. The maximum absolute atomic E-state index is 14.4. The molecule has 0 N–H and O–H groups in total. The second-order valence-electron chi connectivity index (χ2n) is 12.6. The van der Waals surface area contributed by atoms with E-state index in [4.69, 9.17) is 24.3 Å². The fourth-order valence-electron chi connectivity index (χ4n) is 5.65. The molecule has 6 rings (SSSR count). The van der Waals surface area contributed by atoms with E-state index in [9.17, 15) is 9.59 Å². The standard InChI is InChI=1S/C39H40N4O5S/c1-24(2)20-21-47-32-18-12-27(13-19-32)35-29(23-42(41-35)30-10-8-7-9-11-30)22-33-37(44)43-36(28-14-16-31(46-6)17-15-28)34(38(45)48-25(3)4)26(5)40-39(43)49-33/h7-19,22-25,36H,20-21H2,1-6H3/b33-22-/t36-/m1/s1. The third kappa shape index (κ3) is 7.29. The number of para-hydroxylation sites is 1. The predicted molar refractivity (Wildman–Crippen MR) is 192 cm³/mol. The molecule has 0 radical (unpaired) electrons. The number of nitrogens with zero attached hydrogens (tertiary/aromatic N) is 4. The molecule has 1 aliphatic heterocycles. The Morgan fingerprint density at radius 3 is 2.31 bits per heavy atom. The number of carbonyl (C=O) groups is 1. The summed E-state index contributed by atoms with van der Waals surface area (Å²) in [5.41, 5.74) is 4.56. The summed E-state index contributed by atoms with van der Waals surface area (Å²) in [5.74, 6) is 1.52. The highest BCUT2D eigenvalue weighted by molar-refractivity contribution is 7.07. The normalized spacial score (nSPS) is 14.6. The van der Waals surface area contributed by atoms with Crippen LogP contribution in [0.1, 0.15) is 58.2 Å². The van der Waals surface area contributed by atoms with E-state index in [-0.39, 0.29) is 11.7 Å².